The summed E-state index contributed by atoms with van der Waals surface area (Å²) in [7, 11) is 0. The molecule has 1 aromatic heterocycles. The normalized spacial score (nSPS) is 19.8. The van der Waals surface area contributed by atoms with Crippen LogP contribution in [-0.4, -0.2) is 18.1 Å². The molecule has 66 valence electrons. The summed E-state index contributed by atoms with van der Waals surface area (Å²) in [6, 6.07) is 0. The fourth-order valence-electron chi connectivity index (χ4n) is 1.52. The van der Waals surface area contributed by atoms with E-state index in [1.54, 1.807) is 11.3 Å². The summed E-state index contributed by atoms with van der Waals surface area (Å²) in [5.41, 5.74) is 0. The lowest BCUT2D eigenvalue weighted by Gasteiger charge is -2.20. The summed E-state index contributed by atoms with van der Waals surface area (Å²) < 4.78 is 0. The van der Waals surface area contributed by atoms with Crippen LogP contribution >= 0.6 is 22.9 Å². The first-order valence-corrected chi connectivity index (χ1v) is 5.43. The van der Waals surface area contributed by atoms with E-state index in [1.807, 2.05) is 5.38 Å². The smallest absolute Gasteiger partial charge is 0.140 e. The van der Waals surface area contributed by atoms with Gasteiger partial charge in [-0.1, -0.05) is 11.6 Å². The summed E-state index contributed by atoms with van der Waals surface area (Å²) in [6.07, 6.45) is 2.40. The van der Waals surface area contributed by atoms with Gasteiger partial charge in [-0.25, -0.2) is 4.98 Å². The van der Waals surface area contributed by atoms with Crippen molar-refractivity contribution in [2.24, 2.45) is 0 Å². The quantitative estimate of drug-likeness (QED) is 0.756. The van der Waals surface area contributed by atoms with Crippen molar-refractivity contribution in [3.63, 3.8) is 0 Å². The zero-order valence-electron chi connectivity index (χ0n) is 6.72. The van der Waals surface area contributed by atoms with Crippen molar-refractivity contribution in [3.05, 3.63) is 15.5 Å². The first kappa shape index (κ1) is 8.48. The summed E-state index contributed by atoms with van der Waals surface area (Å²) in [5, 5.41) is 7.11. The van der Waals surface area contributed by atoms with Crippen molar-refractivity contribution < 1.29 is 0 Å². The van der Waals surface area contributed by atoms with Crippen LogP contribution in [0, 0.1) is 0 Å². The number of aromatic nitrogens is 1. The Balaban J connectivity index is 2.08. The molecule has 0 aliphatic carbocycles. The van der Waals surface area contributed by atoms with Gasteiger partial charge in [0.15, 0.2) is 0 Å². The molecule has 0 saturated carbocycles. The SMILES string of the molecule is Clc1csc(C2CCNCC2)n1. The highest BCUT2D eigenvalue weighted by Gasteiger charge is 2.17. The molecule has 1 aromatic rings. The van der Waals surface area contributed by atoms with E-state index >= 15 is 0 Å². The second-order valence-electron chi connectivity index (χ2n) is 3.03. The molecular weight excluding hydrogens is 192 g/mol. The minimum Gasteiger partial charge on any atom is -0.317 e. The predicted octanol–water partition coefficient (Wildman–Crippen LogP) is 2.26. The van der Waals surface area contributed by atoms with Gasteiger partial charge in [-0.3, -0.25) is 0 Å². The molecule has 0 aromatic carbocycles. The summed E-state index contributed by atoms with van der Waals surface area (Å²) >= 11 is 7.45. The zero-order chi connectivity index (χ0) is 8.39. The first-order valence-electron chi connectivity index (χ1n) is 4.18. The van der Waals surface area contributed by atoms with Crippen molar-refractivity contribution in [3.8, 4) is 0 Å². The number of rotatable bonds is 1. The second-order valence-corrected chi connectivity index (χ2v) is 4.31. The Morgan fingerprint density at radius 2 is 2.25 bits per heavy atom. The number of nitrogens with zero attached hydrogens (tertiary/aromatic N) is 1. The molecule has 4 heteroatoms. The third-order valence-corrected chi connectivity index (χ3v) is 3.51. The minimum absolute atomic E-state index is 0.642. The Bertz CT molecular complexity index is 255. The molecule has 0 unspecified atom stereocenters. The van der Waals surface area contributed by atoms with Gasteiger partial charge in [0.05, 0.1) is 5.01 Å². The standard InChI is InChI=1S/C8H11ClN2S/c9-7-5-12-8(11-7)6-1-3-10-4-2-6/h5-6,10H,1-4H2. The molecule has 2 rings (SSSR count). The van der Waals surface area contributed by atoms with Crippen LogP contribution < -0.4 is 5.32 Å². The maximum atomic E-state index is 5.76. The summed E-state index contributed by atoms with van der Waals surface area (Å²) in [6.45, 7) is 2.23. The van der Waals surface area contributed by atoms with E-state index in [1.165, 1.54) is 17.8 Å². The van der Waals surface area contributed by atoms with Crippen LogP contribution in [0.4, 0.5) is 0 Å². The molecule has 1 fully saturated rings. The van der Waals surface area contributed by atoms with Crippen molar-refractivity contribution >= 4 is 22.9 Å². The van der Waals surface area contributed by atoms with E-state index in [2.05, 4.69) is 10.3 Å². The fraction of sp³-hybridized carbons (Fsp3) is 0.625. The van der Waals surface area contributed by atoms with E-state index in [0.29, 0.717) is 11.1 Å². The number of hydrogen-bond donors (Lipinski definition) is 1. The lowest BCUT2D eigenvalue weighted by molar-refractivity contribution is 0.459. The Hall–Kier alpha value is -0.120. The molecule has 1 aliphatic rings. The van der Waals surface area contributed by atoms with Gasteiger partial charge in [0.25, 0.3) is 0 Å². The highest BCUT2D eigenvalue weighted by molar-refractivity contribution is 7.10. The second kappa shape index (κ2) is 3.73. The van der Waals surface area contributed by atoms with Crippen molar-refractivity contribution in [1.29, 1.82) is 0 Å². The molecule has 0 atom stereocenters. The van der Waals surface area contributed by atoms with Gasteiger partial charge in [-0.05, 0) is 25.9 Å². The molecular formula is C8H11ClN2S. The summed E-state index contributed by atoms with van der Waals surface area (Å²) in [5.74, 6) is 0.642. The summed E-state index contributed by atoms with van der Waals surface area (Å²) in [4.78, 5) is 4.29. The Morgan fingerprint density at radius 3 is 2.83 bits per heavy atom. The molecule has 2 nitrogen and oxygen atoms in total. The zero-order valence-corrected chi connectivity index (χ0v) is 8.29. The monoisotopic (exact) mass is 202 g/mol. The van der Waals surface area contributed by atoms with Gasteiger partial charge in [0, 0.05) is 11.3 Å². The average Bonchev–Trinajstić information content (AvgIpc) is 2.54. The van der Waals surface area contributed by atoms with Gasteiger partial charge in [-0.2, -0.15) is 0 Å². The van der Waals surface area contributed by atoms with Gasteiger partial charge in [0.2, 0.25) is 0 Å². The maximum absolute atomic E-state index is 5.76. The van der Waals surface area contributed by atoms with Gasteiger partial charge in [0.1, 0.15) is 5.15 Å². The van der Waals surface area contributed by atoms with Crippen LogP contribution in [-0.2, 0) is 0 Å². The van der Waals surface area contributed by atoms with Crippen LogP contribution in [0.25, 0.3) is 0 Å². The van der Waals surface area contributed by atoms with E-state index < -0.39 is 0 Å². The third kappa shape index (κ3) is 1.79. The van der Waals surface area contributed by atoms with Crippen molar-refractivity contribution in [2.45, 2.75) is 18.8 Å². The van der Waals surface area contributed by atoms with E-state index in [4.69, 9.17) is 11.6 Å². The van der Waals surface area contributed by atoms with Crippen LogP contribution in [0.2, 0.25) is 5.15 Å². The molecule has 1 N–H and O–H groups in total. The highest BCUT2D eigenvalue weighted by atomic mass is 35.5. The van der Waals surface area contributed by atoms with Crippen molar-refractivity contribution in [1.82, 2.24) is 10.3 Å². The highest BCUT2D eigenvalue weighted by Crippen LogP contribution is 2.28. The molecule has 0 bridgehead atoms. The minimum atomic E-state index is 0.642. The lowest BCUT2D eigenvalue weighted by Crippen LogP contribution is -2.26. The molecule has 1 aliphatic heterocycles. The molecule has 0 amide bonds. The van der Waals surface area contributed by atoms with Crippen LogP contribution in [0.5, 0.6) is 0 Å². The Labute approximate surface area is 81.0 Å². The molecule has 12 heavy (non-hydrogen) atoms. The molecule has 2 heterocycles. The fourth-order valence-corrected chi connectivity index (χ4v) is 2.65. The first-order chi connectivity index (χ1) is 5.86. The topological polar surface area (TPSA) is 24.9 Å². The maximum Gasteiger partial charge on any atom is 0.140 e. The number of piperidine rings is 1. The van der Waals surface area contributed by atoms with E-state index in [-0.39, 0.29) is 0 Å². The van der Waals surface area contributed by atoms with Crippen molar-refractivity contribution in [2.75, 3.05) is 13.1 Å². The van der Waals surface area contributed by atoms with Crippen LogP contribution in [0.1, 0.15) is 23.8 Å². The average molecular weight is 203 g/mol. The third-order valence-electron chi connectivity index (χ3n) is 2.18. The molecule has 1 saturated heterocycles. The molecule has 0 radical (unpaired) electrons. The van der Waals surface area contributed by atoms with E-state index in [9.17, 15) is 0 Å². The number of nitrogens with one attached hydrogen (secondary N) is 1. The Morgan fingerprint density at radius 1 is 1.50 bits per heavy atom. The number of halogens is 1. The number of thiazole rings is 1. The van der Waals surface area contributed by atoms with E-state index in [0.717, 1.165) is 13.1 Å². The van der Waals surface area contributed by atoms with Crippen LogP contribution in [0.3, 0.4) is 0 Å². The molecule has 0 spiro atoms. The van der Waals surface area contributed by atoms with Gasteiger partial charge >= 0.3 is 0 Å². The number of hydrogen-bond acceptors (Lipinski definition) is 3. The lowest BCUT2D eigenvalue weighted by atomic mass is 9.99. The van der Waals surface area contributed by atoms with Crippen LogP contribution in [0.15, 0.2) is 5.38 Å². The van der Waals surface area contributed by atoms with Gasteiger partial charge < -0.3 is 5.32 Å². The largest absolute Gasteiger partial charge is 0.317 e. The predicted molar refractivity (Wildman–Crippen MR) is 52.0 cm³/mol. The Kier molecular flexibility index (Phi) is 2.63. The van der Waals surface area contributed by atoms with Gasteiger partial charge in [-0.15, -0.1) is 11.3 Å².